The van der Waals surface area contributed by atoms with Gasteiger partial charge in [0, 0.05) is 29.7 Å². The molecule has 1 N–H and O–H groups in total. The first kappa shape index (κ1) is 29.4. The number of fused-ring (bicyclic) bond motifs is 4. The van der Waals surface area contributed by atoms with Crippen molar-refractivity contribution in [3.8, 4) is 5.75 Å². The van der Waals surface area contributed by atoms with Gasteiger partial charge in [-0.1, -0.05) is 84.9 Å². The highest BCUT2D eigenvalue weighted by atomic mass is 31.1. The number of carbonyl (C=O) groups excluding carboxylic acids is 1. The number of rotatable bonds is 9. The van der Waals surface area contributed by atoms with Crippen molar-refractivity contribution in [1.82, 2.24) is 15.2 Å². The summed E-state index contributed by atoms with van der Waals surface area (Å²) >= 11 is 0. The lowest BCUT2D eigenvalue weighted by Crippen LogP contribution is -2.57. The number of benzene rings is 4. The highest BCUT2D eigenvalue weighted by Gasteiger charge is 2.43. The van der Waals surface area contributed by atoms with Gasteiger partial charge >= 0.3 is 0 Å². The molecule has 4 heterocycles. The second kappa shape index (κ2) is 13.0. The van der Waals surface area contributed by atoms with Crippen LogP contribution in [0.2, 0.25) is 0 Å². The average molecular weight is 612 g/mol. The van der Waals surface area contributed by atoms with Crippen molar-refractivity contribution in [2.45, 2.75) is 24.9 Å². The lowest BCUT2D eigenvalue weighted by atomic mass is 9.73. The molecule has 0 radical (unpaired) electrons. The van der Waals surface area contributed by atoms with Crippen LogP contribution in [0, 0.1) is 11.8 Å². The smallest absolute Gasteiger partial charge is 0.252 e. The summed E-state index contributed by atoms with van der Waals surface area (Å²) in [6, 6.07) is 37.3. The topological polar surface area (TPSA) is 54.5 Å². The van der Waals surface area contributed by atoms with Crippen LogP contribution in [-0.2, 0) is 0 Å². The van der Waals surface area contributed by atoms with E-state index in [4.69, 9.17) is 4.74 Å². The number of hydrogen-bond donors (Lipinski definition) is 1. The van der Waals surface area contributed by atoms with Gasteiger partial charge in [0.1, 0.15) is 5.75 Å². The standard InChI is InChI=1S/C39H38N3O2P/c1-3-27-26-42-23-21-28(27)24-36(42)38(32-20-22-40-35-19-18-29(44-2)25-34(32)35)41-39(43)33-16-10-11-17-37(33)45(30-12-6-4-7-13-30)31-14-8-5-9-15-31/h3-20,22,25,27-28,36,38H,1,21,23-24,26H2,2H3,(H,41,43)/t27-,28+,36+,38+/m0/s1. The third-order valence-corrected chi connectivity index (χ3v) is 12.1. The van der Waals surface area contributed by atoms with Crippen molar-refractivity contribution in [2.75, 3.05) is 20.2 Å². The average Bonchev–Trinajstić information content (AvgIpc) is 3.11. The van der Waals surface area contributed by atoms with Crippen LogP contribution in [0.15, 0.2) is 128 Å². The van der Waals surface area contributed by atoms with Crippen LogP contribution in [0.1, 0.15) is 34.8 Å². The maximum Gasteiger partial charge on any atom is 0.252 e. The molecule has 0 aliphatic carbocycles. The molecule has 226 valence electrons. The quantitative estimate of drug-likeness (QED) is 0.156. The summed E-state index contributed by atoms with van der Waals surface area (Å²) in [7, 11) is 0.737. The Balaban J connectivity index is 1.32. The van der Waals surface area contributed by atoms with E-state index < -0.39 is 7.92 Å². The van der Waals surface area contributed by atoms with Gasteiger partial charge in [0.25, 0.3) is 5.91 Å². The van der Waals surface area contributed by atoms with Crippen LogP contribution in [0.5, 0.6) is 5.75 Å². The molecule has 5 aromatic rings. The van der Waals surface area contributed by atoms with E-state index in [0.717, 1.165) is 52.6 Å². The molecule has 3 fully saturated rings. The van der Waals surface area contributed by atoms with Gasteiger partial charge in [0.15, 0.2) is 0 Å². The van der Waals surface area contributed by atoms with Crippen molar-refractivity contribution in [3.05, 3.63) is 139 Å². The Bertz CT molecular complexity index is 1770. The van der Waals surface area contributed by atoms with E-state index >= 15 is 0 Å². The maximum atomic E-state index is 14.7. The lowest BCUT2D eigenvalue weighted by molar-refractivity contribution is 0.00171. The molecule has 2 bridgehead atoms. The molecule has 3 saturated heterocycles. The Morgan fingerprint density at radius 2 is 1.69 bits per heavy atom. The number of aromatic nitrogens is 1. The Morgan fingerprint density at radius 1 is 0.978 bits per heavy atom. The number of piperidine rings is 3. The molecule has 3 aliphatic rings. The number of nitrogens with zero attached hydrogens (tertiary/aromatic N) is 2. The van der Waals surface area contributed by atoms with E-state index in [9.17, 15) is 4.79 Å². The van der Waals surface area contributed by atoms with E-state index in [1.807, 2.05) is 42.6 Å². The fourth-order valence-corrected chi connectivity index (χ4v) is 9.76. The van der Waals surface area contributed by atoms with E-state index in [-0.39, 0.29) is 18.0 Å². The van der Waals surface area contributed by atoms with Gasteiger partial charge in [-0.2, -0.15) is 0 Å². The molecule has 1 amide bonds. The van der Waals surface area contributed by atoms with Crippen molar-refractivity contribution >= 4 is 40.6 Å². The summed E-state index contributed by atoms with van der Waals surface area (Å²) in [6.45, 7) is 6.14. The zero-order chi connectivity index (χ0) is 30.8. The molecular weight excluding hydrogens is 573 g/mol. The molecule has 1 aromatic heterocycles. The van der Waals surface area contributed by atoms with Crippen molar-refractivity contribution in [3.63, 3.8) is 0 Å². The largest absolute Gasteiger partial charge is 0.497 e. The monoisotopic (exact) mass is 611 g/mol. The van der Waals surface area contributed by atoms with Crippen LogP contribution < -0.4 is 26.0 Å². The lowest BCUT2D eigenvalue weighted by Gasteiger charge is -2.51. The first-order valence-electron chi connectivity index (χ1n) is 15.7. The molecule has 0 saturated carbocycles. The van der Waals surface area contributed by atoms with E-state index in [1.54, 1.807) is 7.11 Å². The molecule has 0 spiro atoms. The summed E-state index contributed by atoms with van der Waals surface area (Å²) in [6.07, 6.45) is 6.17. The first-order valence-corrected chi connectivity index (χ1v) is 17.1. The van der Waals surface area contributed by atoms with E-state index in [0.29, 0.717) is 11.8 Å². The number of hydrogen-bond acceptors (Lipinski definition) is 4. The second-order valence-electron chi connectivity index (χ2n) is 12.0. The van der Waals surface area contributed by atoms with Gasteiger partial charge in [-0.15, -0.1) is 6.58 Å². The summed E-state index contributed by atoms with van der Waals surface area (Å²) in [5.74, 6) is 1.78. The van der Waals surface area contributed by atoms with Gasteiger partial charge in [0.05, 0.1) is 18.7 Å². The number of ether oxygens (including phenoxy) is 1. The van der Waals surface area contributed by atoms with E-state index in [1.165, 1.54) is 17.0 Å². The number of methoxy groups -OCH3 is 1. The Hall–Kier alpha value is -4.31. The molecule has 3 aliphatic heterocycles. The van der Waals surface area contributed by atoms with Gasteiger partial charge in [0.2, 0.25) is 0 Å². The van der Waals surface area contributed by atoms with Gasteiger partial charge in [-0.25, -0.2) is 0 Å². The minimum Gasteiger partial charge on any atom is -0.497 e. The third-order valence-electron chi connectivity index (χ3n) is 9.56. The summed E-state index contributed by atoms with van der Waals surface area (Å²) < 4.78 is 5.62. The maximum absolute atomic E-state index is 14.7. The SMILES string of the molecule is C=C[C@H]1CN2CC[C@@H]1C[C@@H]2[C@H](NC(=O)c1ccccc1P(c1ccccc1)c1ccccc1)c1ccnc2ccc(OC)cc12. The fraction of sp³-hybridized carbons (Fsp3) is 0.231. The van der Waals surface area contributed by atoms with Crippen LogP contribution in [0.25, 0.3) is 10.9 Å². The Kier molecular flexibility index (Phi) is 8.47. The minimum absolute atomic E-state index is 0.0502. The van der Waals surface area contributed by atoms with Crippen molar-refractivity contribution < 1.29 is 9.53 Å². The number of carbonyl (C=O) groups is 1. The van der Waals surface area contributed by atoms with Crippen LogP contribution in [0.3, 0.4) is 0 Å². The highest BCUT2D eigenvalue weighted by Crippen LogP contribution is 2.43. The zero-order valence-electron chi connectivity index (χ0n) is 25.6. The molecule has 4 aromatic carbocycles. The highest BCUT2D eigenvalue weighted by molar-refractivity contribution is 7.80. The zero-order valence-corrected chi connectivity index (χ0v) is 26.4. The number of nitrogens with one attached hydrogen (secondary N) is 1. The first-order chi connectivity index (χ1) is 22.1. The summed E-state index contributed by atoms with van der Waals surface area (Å²) in [5.41, 5.74) is 2.69. The Labute approximate surface area is 266 Å². The van der Waals surface area contributed by atoms with Crippen molar-refractivity contribution in [2.24, 2.45) is 11.8 Å². The number of amides is 1. The van der Waals surface area contributed by atoms with Crippen LogP contribution >= 0.6 is 7.92 Å². The fourth-order valence-electron chi connectivity index (χ4n) is 7.31. The van der Waals surface area contributed by atoms with Gasteiger partial charge in [-0.05, 0) is 91.0 Å². The molecule has 5 nitrogen and oxygen atoms in total. The van der Waals surface area contributed by atoms with Crippen LogP contribution in [0.4, 0.5) is 0 Å². The molecule has 8 rings (SSSR count). The van der Waals surface area contributed by atoms with Gasteiger partial charge in [-0.3, -0.25) is 14.7 Å². The summed E-state index contributed by atoms with van der Waals surface area (Å²) in [5, 5.41) is 8.10. The van der Waals surface area contributed by atoms with Crippen LogP contribution in [-0.4, -0.2) is 42.0 Å². The predicted octanol–water partition coefficient (Wildman–Crippen LogP) is 6.37. The van der Waals surface area contributed by atoms with Crippen molar-refractivity contribution in [1.29, 1.82) is 0 Å². The summed E-state index contributed by atoms with van der Waals surface area (Å²) in [4.78, 5) is 21.9. The minimum atomic E-state index is -0.950. The Morgan fingerprint density at radius 3 is 2.36 bits per heavy atom. The number of pyridine rings is 1. The molecule has 45 heavy (non-hydrogen) atoms. The molecular formula is C39H38N3O2P. The normalized spacial score (nSPS) is 21.4. The van der Waals surface area contributed by atoms with Gasteiger partial charge < -0.3 is 10.1 Å². The molecule has 1 unspecified atom stereocenters. The molecule has 5 atom stereocenters. The predicted molar refractivity (Wildman–Crippen MR) is 185 cm³/mol. The molecule has 6 heteroatoms. The third kappa shape index (κ3) is 5.79. The second-order valence-corrected chi connectivity index (χ2v) is 14.2. The van der Waals surface area contributed by atoms with E-state index in [2.05, 4.69) is 101 Å².